The van der Waals surface area contributed by atoms with Gasteiger partial charge in [0.25, 0.3) is 0 Å². The summed E-state index contributed by atoms with van der Waals surface area (Å²) in [7, 11) is 0. The molecule has 4 heterocycles. The number of carbonyl (C=O) groups is 2. The van der Waals surface area contributed by atoms with E-state index in [9.17, 15) is 9.59 Å². The van der Waals surface area contributed by atoms with Gasteiger partial charge in [-0.1, -0.05) is 11.6 Å². The molecule has 5 rings (SSSR count). The molecule has 4 aliphatic heterocycles. The fourth-order valence-corrected chi connectivity index (χ4v) is 6.27. The molecule has 3 saturated heterocycles. The van der Waals surface area contributed by atoms with Crippen LogP contribution >= 0.6 is 11.6 Å². The number of benzene rings is 1. The number of rotatable bonds is 1. The van der Waals surface area contributed by atoms with Crippen LogP contribution in [0.4, 0.5) is 0 Å². The van der Waals surface area contributed by atoms with Crippen molar-refractivity contribution in [1.82, 2.24) is 9.80 Å². The first-order valence-electron chi connectivity index (χ1n) is 11.4. The normalized spacial score (nSPS) is 33.7. The summed E-state index contributed by atoms with van der Waals surface area (Å²) in [6.45, 7) is 7.87. The van der Waals surface area contributed by atoms with E-state index < -0.39 is 0 Å². The lowest BCUT2D eigenvalue weighted by Gasteiger charge is -2.53. The third-order valence-electron chi connectivity index (χ3n) is 7.71. The summed E-state index contributed by atoms with van der Waals surface area (Å²) in [6, 6.07) is 5.48. The molecule has 31 heavy (non-hydrogen) atoms. The molecule has 0 bridgehead atoms. The van der Waals surface area contributed by atoms with Gasteiger partial charge in [0.1, 0.15) is 17.4 Å². The van der Waals surface area contributed by atoms with E-state index in [0.29, 0.717) is 24.7 Å². The zero-order valence-corrected chi connectivity index (χ0v) is 19.2. The number of halogens is 1. The number of likely N-dealkylation sites (tertiary alicyclic amines) is 2. The minimum atomic E-state index is -0.361. The van der Waals surface area contributed by atoms with Crippen molar-refractivity contribution in [3.05, 3.63) is 28.8 Å². The van der Waals surface area contributed by atoms with Crippen molar-refractivity contribution in [2.75, 3.05) is 19.6 Å². The number of nitrogens with zero attached hydrogens (tertiary/aromatic N) is 2. The van der Waals surface area contributed by atoms with E-state index in [1.54, 1.807) is 11.8 Å². The van der Waals surface area contributed by atoms with Crippen LogP contribution in [0.3, 0.4) is 0 Å². The SMILES string of the molecule is CC(=O)N1CCC[C@@H]1C(=O)N1CC[C@@H]2O[C@@H]3c4cc(Cl)ccc4OC(C)(C)[C@H]3C[C@@H]2C1. The standard InChI is InChI=1S/C24H31ClN2O4/c1-14(28)27-9-4-5-19(27)23(29)26-10-8-20-15(13-26)11-18-22(30-20)17-12-16(25)6-7-21(17)31-24(18,2)3/h6-7,12,15,18-20,22H,4-5,8-11,13H2,1-3H3/t15-,18+,19-,20+,22-/m1/s1. The van der Waals surface area contributed by atoms with Gasteiger partial charge in [-0.05, 0) is 57.7 Å². The topological polar surface area (TPSA) is 59.1 Å². The van der Waals surface area contributed by atoms with Crippen molar-refractivity contribution in [3.8, 4) is 5.75 Å². The first-order chi connectivity index (χ1) is 14.7. The lowest BCUT2D eigenvalue weighted by molar-refractivity contribution is -0.189. The van der Waals surface area contributed by atoms with E-state index >= 15 is 0 Å². The number of amides is 2. The molecule has 168 valence electrons. The van der Waals surface area contributed by atoms with Crippen LogP contribution in [0.5, 0.6) is 5.75 Å². The Morgan fingerprint density at radius 2 is 2.00 bits per heavy atom. The van der Waals surface area contributed by atoms with E-state index in [1.165, 1.54) is 0 Å². The van der Waals surface area contributed by atoms with Gasteiger partial charge in [-0.2, -0.15) is 0 Å². The monoisotopic (exact) mass is 446 g/mol. The average molecular weight is 447 g/mol. The smallest absolute Gasteiger partial charge is 0.245 e. The van der Waals surface area contributed by atoms with Crippen LogP contribution in [-0.2, 0) is 14.3 Å². The Morgan fingerprint density at radius 1 is 1.19 bits per heavy atom. The van der Waals surface area contributed by atoms with Gasteiger partial charge < -0.3 is 19.3 Å². The van der Waals surface area contributed by atoms with E-state index in [-0.39, 0.29) is 47.5 Å². The van der Waals surface area contributed by atoms with Crippen LogP contribution < -0.4 is 4.74 Å². The lowest BCUT2D eigenvalue weighted by atomic mass is 9.70. The molecule has 4 aliphatic rings. The van der Waals surface area contributed by atoms with E-state index in [1.807, 2.05) is 23.1 Å². The number of hydrogen-bond acceptors (Lipinski definition) is 4. The van der Waals surface area contributed by atoms with Crippen molar-refractivity contribution in [1.29, 1.82) is 0 Å². The summed E-state index contributed by atoms with van der Waals surface area (Å²) in [5, 5.41) is 0.693. The van der Waals surface area contributed by atoms with Crippen LogP contribution in [0.25, 0.3) is 0 Å². The van der Waals surface area contributed by atoms with Gasteiger partial charge in [0.15, 0.2) is 0 Å². The molecule has 0 aromatic heterocycles. The quantitative estimate of drug-likeness (QED) is 0.658. The highest BCUT2D eigenvalue weighted by Gasteiger charge is 2.52. The van der Waals surface area contributed by atoms with Crippen LogP contribution in [0.15, 0.2) is 18.2 Å². The number of fused-ring (bicyclic) bond motifs is 4. The van der Waals surface area contributed by atoms with Crippen LogP contribution in [0.1, 0.15) is 58.1 Å². The largest absolute Gasteiger partial charge is 0.487 e. The maximum Gasteiger partial charge on any atom is 0.245 e. The number of hydrogen-bond donors (Lipinski definition) is 0. The summed E-state index contributed by atoms with van der Waals surface area (Å²) in [6.07, 6.45) is 3.52. The summed E-state index contributed by atoms with van der Waals surface area (Å²) in [5.74, 6) is 1.41. The third-order valence-corrected chi connectivity index (χ3v) is 7.94. The Kier molecular flexibility index (Phi) is 5.21. The predicted molar refractivity (Wildman–Crippen MR) is 117 cm³/mol. The highest BCUT2D eigenvalue weighted by atomic mass is 35.5. The highest BCUT2D eigenvalue weighted by molar-refractivity contribution is 6.30. The van der Waals surface area contributed by atoms with E-state index in [0.717, 1.165) is 37.0 Å². The second-order valence-corrected chi connectivity index (χ2v) is 10.5. The first kappa shape index (κ1) is 21.1. The summed E-state index contributed by atoms with van der Waals surface area (Å²) in [5.41, 5.74) is 0.677. The van der Waals surface area contributed by atoms with Gasteiger partial charge in [0.2, 0.25) is 11.8 Å². The van der Waals surface area contributed by atoms with Gasteiger partial charge in [-0.3, -0.25) is 9.59 Å². The van der Waals surface area contributed by atoms with Crippen molar-refractivity contribution in [2.45, 2.75) is 70.3 Å². The van der Waals surface area contributed by atoms with Crippen LogP contribution in [-0.4, -0.2) is 59.0 Å². The second-order valence-electron chi connectivity index (χ2n) is 10.0. The van der Waals surface area contributed by atoms with Gasteiger partial charge in [-0.15, -0.1) is 0 Å². The molecule has 3 fully saturated rings. The summed E-state index contributed by atoms with van der Waals surface area (Å²) < 4.78 is 13.0. The van der Waals surface area contributed by atoms with Gasteiger partial charge in [0.05, 0.1) is 12.2 Å². The fourth-order valence-electron chi connectivity index (χ4n) is 6.09. The summed E-state index contributed by atoms with van der Waals surface area (Å²) in [4.78, 5) is 28.9. The highest BCUT2D eigenvalue weighted by Crippen LogP contribution is 2.53. The Labute approximate surface area is 188 Å². The Bertz CT molecular complexity index is 904. The van der Waals surface area contributed by atoms with Crippen molar-refractivity contribution >= 4 is 23.4 Å². The molecule has 0 N–H and O–H groups in total. The zero-order chi connectivity index (χ0) is 21.9. The molecule has 0 spiro atoms. The minimum absolute atomic E-state index is 0.00647. The minimum Gasteiger partial charge on any atom is -0.487 e. The van der Waals surface area contributed by atoms with Crippen molar-refractivity contribution in [3.63, 3.8) is 0 Å². The van der Waals surface area contributed by atoms with E-state index in [4.69, 9.17) is 21.1 Å². The Morgan fingerprint density at radius 3 is 2.77 bits per heavy atom. The van der Waals surface area contributed by atoms with Crippen molar-refractivity contribution in [2.24, 2.45) is 11.8 Å². The molecule has 7 heteroatoms. The van der Waals surface area contributed by atoms with Gasteiger partial charge in [0, 0.05) is 49.0 Å². The van der Waals surface area contributed by atoms with Gasteiger partial charge >= 0.3 is 0 Å². The zero-order valence-electron chi connectivity index (χ0n) is 18.5. The molecule has 0 saturated carbocycles. The molecule has 0 unspecified atom stereocenters. The molecule has 5 atom stereocenters. The molecule has 1 aromatic carbocycles. The maximum atomic E-state index is 13.3. The molecule has 2 amide bonds. The van der Waals surface area contributed by atoms with Crippen LogP contribution in [0, 0.1) is 11.8 Å². The Hall–Kier alpha value is -1.79. The molecule has 0 aliphatic carbocycles. The molecule has 6 nitrogen and oxygen atoms in total. The maximum absolute atomic E-state index is 13.3. The number of ether oxygens (including phenoxy) is 2. The predicted octanol–water partition coefficient (Wildman–Crippen LogP) is 3.82. The first-order valence-corrected chi connectivity index (χ1v) is 11.8. The summed E-state index contributed by atoms with van der Waals surface area (Å²) >= 11 is 6.28. The second kappa shape index (κ2) is 7.66. The molecular weight excluding hydrogens is 416 g/mol. The van der Waals surface area contributed by atoms with Crippen molar-refractivity contribution < 1.29 is 19.1 Å². The number of carbonyl (C=O) groups excluding carboxylic acids is 2. The van der Waals surface area contributed by atoms with E-state index in [2.05, 4.69) is 13.8 Å². The molecule has 0 radical (unpaired) electrons. The third kappa shape index (κ3) is 3.62. The number of piperidine rings is 1. The van der Waals surface area contributed by atoms with Gasteiger partial charge in [-0.25, -0.2) is 0 Å². The Balaban J connectivity index is 1.34. The molecular formula is C24H31ClN2O4. The fraction of sp³-hybridized carbons (Fsp3) is 0.667. The van der Waals surface area contributed by atoms with Crippen LogP contribution in [0.2, 0.25) is 5.02 Å². The average Bonchev–Trinajstić information content (AvgIpc) is 3.23. The molecule has 1 aromatic rings. The lowest BCUT2D eigenvalue weighted by Crippen LogP contribution is -2.57.